The summed E-state index contributed by atoms with van der Waals surface area (Å²) in [4.78, 5) is 2.57. The van der Waals surface area contributed by atoms with Gasteiger partial charge in [0.1, 0.15) is 0 Å². The third-order valence-corrected chi connectivity index (χ3v) is 3.48. The van der Waals surface area contributed by atoms with Gasteiger partial charge >= 0.3 is 0 Å². The van der Waals surface area contributed by atoms with E-state index in [1.165, 1.54) is 19.5 Å². The van der Waals surface area contributed by atoms with Gasteiger partial charge in [-0.3, -0.25) is 4.90 Å². The van der Waals surface area contributed by atoms with Crippen LogP contribution in [-0.4, -0.2) is 36.1 Å². The van der Waals surface area contributed by atoms with Crippen molar-refractivity contribution < 1.29 is 0 Å². The van der Waals surface area contributed by atoms with Gasteiger partial charge in [0.2, 0.25) is 0 Å². The second kappa shape index (κ2) is 5.13. The van der Waals surface area contributed by atoms with E-state index in [1.54, 1.807) is 0 Å². The van der Waals surface area contributed by atoms with E-state index in [9.17, 15) is 0 Å². The van der Waals surface area contributed by atoms with Gasteiger partial charge in [-0.1, -0.05) is 13.8 Å². The number of hydrogen-bond acceptors (Lipinski definition) is 2. The molecule has 0 aromatic carbocycles. The first-order chi connectivity index (χ1) is 6.54. The molecule has 1 heterocycles. The maximum Gasteiger partial charge on any atom is 0.0235 e. The van der Waals surface area contributed by atoms with Crippen molar-refractivity contribution in [2.24, 2.45) is 5.92 Å². The Hall–Kier alpha value is -0.0800. The summed E-state index contributed by atoms with van der Waals surface area (Å²) in [7, 11) is 0. The molecule has 1 N–H and O–H groups in total. The lowest BCUT2D eigenvalue weighted by Gasteiger charge is -2.22. The molecule has 3 atom stereocenters. The minimum Gasteiger partial charge on any atom is -0.310 e. The lowest BCUT2D eigenvalue weighted by Crippen LogP contribution is -2.41. The Morgan fingerprint density at radius 1 is 1.29 bits per heavy atom. The highest BCUT2D eigenvalue weighted by molar-refractivity contribution is 4.89. The SMILES string of the molecule is CCC(C)NC1CN(C(C)C)CC1C. The Balaban J connectivity index is 2.40. The second-order valence-corrected chi connectivity index (χ2v) is 5.11. The summed E-state index contributed by atoms with van der Waals surface area (Å²) in [6.45, 7) is 14.0. The van der Waals surface area contributed by atoms with Gasteiger partial charge in [-0.05, 0) is 33.1 Å². The van der Waals surface area contributed by atoms with Crippen LogP contribution in [0.4, 0.5) is 0 Å². The second-order valence-electron chi connectivity index (χ2n) is 5.11. The van der Waals surface area contributed by atoms with Crippen LogP contribution in [0.3, 0.4) is 0 Å². The van der Waals surface area contributed by atoms with Gasteiger partial charge in [0.25, 0.3) is 0 Å². The fourth-order valence-corrected chi connectivity index (χ4v) is 2.13. The molecular weight excluding hydrogens is 172 g/mol. The monoisotopic (exact) mass is 198 g/mol. The molecule has 1 aliphatic heterocycles. The number of hydrogen-bond donors (Lipinski definition) is 1. The molecule has 0 aliphatic carbocycles. The molecule has 0 aromatic rings. The highest BCUT2D eigenvalue weighted by atomic mass is 15.2. The fraction of sp³-hybridized carbons (Fsp3) is 1.00. The van der Waals surface area contributed by atoms with Gasteiger partial charge in [0.05, 0.1) is 0 Å². The van der Waals surface area contributed by atoms with E-state index in [4.69, 9.17) is 0 Å². The van der Waals surface area contributed by atoms with E-state index in [-0.39, 0.29) is 0 Å². The van der Waals surface area contributed by atoms with Crippen molar-refractivity contribution in [1.29, 1.82) is 0 Å². The largest absolute Gasteiger partial charge is 0.310 e. The molecule has 1 saturated heterocycles. The molecule has 0 amide bonds. The summed E-state index contributed by atoms with van der Waals surface area (Å²) >= 11 is 0. The Labute approximate surface area is 89.1 Å². The van der Waals surface area contributed by atoms with Crippen molar-refractivity contribution in [1.82, 2.24) is 10.2 Å². The minimum atomic E-state index is 0.662. The molecule has 2 nitrogen and oxygen atoms in total. The van der Waals surface area contributed by atoms with Crippen LogP contribution in [-0.2, 0) is 0 Å². The van der Waals surface area contributed by atoms with E-state index >= 15 is 0 Å². The van der Waals surface area contributed by atoms with Gasteiger partial charge in [0.15, 0.2) is 0 Å². The first-order valence-corrected chi connectivity index (χ1v) is 6.04. The van der Waals surface area contributed by atoms with Crippen LogP contribution < -0.4 is 5.32 Å². The lowest BCUT2D eigenvalue weighted by atomic mass is 10.1. The summed E-state index contributed by atoms with van der Waals surface area (Å²) in [5.41, 5.74) is 0. The molecule has 1 fully saturated rings. The maximum absolute atomic E-state index is 3.72. The average Bonchev–Trinajstić information content (AvgIpc) is 2.48. The van der Waals surface area contributed by atoms with Crippen LogP contribution in [0.5, 0.6) is 0 Å². The van der Waals surface area contributed by atoms with Crippen LogP contribution in [0.2, 0.25) is 0 Å². The van der Waals surface area contributed by atoms with Crippen molar-refractivity contribution in [3.8, 4) is 0 Å². The number of likely N-dealkylation sites (tertiary alicyclic amines) is 1. The molecule has 1 aliphatic rings. The van der Waals surface area contributed by atoms with Crippen molar-refractivity contribution in [2.75, 3.05) is 13.1 Å². The zero-order valence-corrected chi connectivity index (χ0v) is 10.4. The third kappa shape index (κ3) is 2.96. The smallest absolute Gasteiger partial charge is 0.0235 e. The van der Waals surface area contributed by atoms with Gasteiger partial charge in [-0.15, -0.1) is 0 Å². The number of rotatable bonds is 4. The molecule has 2 heteroatoms. The van der Waals surface area contributed by atoms with Crippen molar-refractivity contribution in [3.05, 3.63) is 0 Å². The lowest BCUT2D eigenvalue weighted by molar-refractivity contribution is 0.262. The van der Waals surface area contributed by atoms with Crippen molar-refractivity contribution >= 4 is 0 Å². The van der Waals surface area contributed by atoms with Crippen LogP contribution in [0.15, 0.2) is 0 Å². The highest BCUT2D eigenvalue weighted by Gasteiger charge is 2.30. The normalized spacial score (nSPS) is 31.3. The molecule has 0 aromatic heterocycles. The first-order valence-electron chi connectivity index (χ1n) is 6.04. The molecular formula is C12H26N2. The van der Waals surface area contributed by atoms with E-state index in [2.05, 4.69) is 44.8 Å². The fourth-order valence-electron chi connectivity index (χ4n) is 2.13. The zero-order chi connectivity index (χ0) is 10.7. The first kappa shape index (κ1) is 12.0. The summed E-state index contributed by atoms with van der Waals surface area (Å²) in [6.07, 6.45) is 1.23. The molecule has 14 heavy (non-hydrogen) atoms. The molecule has 0 saturated carbocycles. The number of nitrogens with zero attached hydrogens (tertiary/aromatic N) is 1. The molecule has 1 rings (SSSR count). The van der Waals surface area contributed by atoms with Crippen molar-refractivity contribution in [2.45, 2.75) is 59.2 Å². The van der Waals surface area contributed by atoms with E-state index in [0.29, 0.717) is 18.1 Å². The Morgan fingerprint density at radius 2 is 1.93 bits per heavy atom. The van der Waals surface area contributed by atoms with Gasteiger partial charge in [-0.25, -0.2) is 0 Å². The van der Waals surface area contributed by atoms with E-state index < -0.39 is 0 Å². The average molecular weight is 198 g/mol. The Bertz CT molecular complexity index is 168. The van der Waals surface area contributed by atoms with Crippen LogP contribution >= 0.6 is 0 Å². The predicted molar refractivity (Wildman–Crippen MR) is 62.5 cm³/mol. The zero-order valence-electron chi connectivity index (χ0n) is 10.4. The minimum absolute atomic E-state index is 0.662. The maximum atomic E-state index is 3.72. The Kier molecular flexibility index (Phi) is 4.39. The topological polar surface area (TPSA) is 15.3 Å². The summed E-state index contributed by atoms with van der Waals surface area (Å²) in [6, 6.07) is 2.06. The molecule has 84 valence electrons. The highest BCUT2D eigenvalue weighted by Crippen LogP contribution is 2.19. The molecule has 0 bridgehead atoms. The van der Waals surface area contributed by atoms with Crippen molar-refractivity contribution in [3.63, 3.8) is 0 Å². The standard InChI is InChI=1S/C12H26N2/c1-6-11(5)13-12-8-14(9(2)3)7-10(12)4/h9-13H,6-8H2,1-5H3. The summed E-state index contributed by atoms with van der Waals surface area (Å²) < 4.78 is 0. The predicted octanol–water partition coefficient (Wildman–Crippen LogP) is 2.10. The molecule has 0 radical (unpaired) electrons. The van der Waals surface area contributed by atoms with Crippen LogP contribution in [0.1, 0.15) is 41.0 Å². The van der Waals surface area contributed by atoms with E-state index in [1.807, 2.05) is 0 Å². The molecule has 3 unspecified atom stereocenters. The van der Waals surface area contributed by atoms with E-state index in [0.717, 1.165) is 5.92 Å². The summed E-state index contributed by atoms with van der Waals surface area (Å²) in [5, 5.41) is 3.72. The summed E-state index contributed by atoms with van der Waals surface area (Å²) in [5.74, 6) is 0.798. The van der Waals surface area contributed by atoms with Gasteiger partial charge in [-0.2, -0.15) is 0 Å². The van der Waals surface area contributed by atoms with Gasteiger partial charge < -0.3 is 5.32 Å². The number of nitrogens with one attached hydrogen (secondary N) is 1. The quantitative estimate of drug-likeness (QED) is 0.744. The molecule has 0 spiro atoms. The third-order valence-electron chi connectivity index (χ3n) is 3.48. The van der Waals surface area contributed by atoms with Crippen LogP contribution in [0.25, 0.3) is 0 Å². The van der Waals surface area contributed by atoms with Crippen LogP contribution in [0, 0.1) is 5.92 Å². The van der Waals surface area contributed by atoms with Gasteiger partial charge in [0, 0.05) is 31.2 Å². The Morgan fingerprint density at radius 3 is 2.36 bits per heavy atom.